The highest BCUT2D eigenvalue weighted by Gasteiger charge is 2.21. The van der Waals surface area contributed by atoms with Gasteiger partial charge in [0.1, 0.15) is 0 Å². The van der Waals surface area contributed by atoms with Gasteiger partial charge < -0.3 is 5.73 Å². The zero-order valence-corrected chi connectivity index (χ0v) is 13.4. The average molecular weight is 327 g/mol. The molecule has 0 aliphatic carbocycles. The minimum atomic E-state index is 0.0393. The Morgan fingerprint density at radius 3 is 2.55 bits per heavy atom. The molecule has 2 N–H and O–H groups in total. The lowest BCUT2D eigenvalue weighted by molar-refractivity contribution is 0.634. The Labute approximate surface area is 133 Å². The molecule has 0 spiro atoms. The fourth-order valence-electron chi connectivity index (χ4n) is 1.87. The Hall–Kier alpha value is -0.740. The second kappa shape index (κ2) is 7.32. The van der Waals surface area contributed by atoms with Crippen molar-refractivity contribution in [2.24, 2.45) is 5.73 Å². The molecular weight excluding hydrogens is 311 g/mol. The lowest BCUT2D eigenvalue weighted by Gasteiger charge is -2.23. The Morgan fingerprint density at radius 1 is 1.20 bits per heavy atom. The molecular formula is C15H16Cl2N2S. The van der Waals surface area contributed by atoms with Crippen LogP contribution in [0.3, 0.4) is 0 Å². The molecule has 0 aliphatic rings. The van der Waals surface area contributed by atoms with Crippen LogP contribution >= 0.6 is 35.0 Å². The van der Waals surface area contributed by atoms with E-state index in [9.17, 15) is 0 Å². The predicted octanol–water partition coefficient (Wildman–Crippen LogP) is 4.96. The van der Waals surface area contributed by atoms with Crippen LogP contribution < -0.4 is 5.73 Å². The highest BCUT2D eigenvalue weighted by Crippen LogP contribution is 2.41. The number of aromatic nitrogens is 1. The van der Waals surface area contributed by atoms with Crippen molar-refractivity contribution in [3.05, 3.63) is 58.3 Å². The van der Waals surface area contributed by atoms with Gasteiger partial charge in [-0.15, -0.1) is 11.8 Å². The van der Waals surface area contributed by atoms with Crippen LogP contribution in [0.1, 0.15) is 24.2 Å². The summed E-state index contributed by atoms with van der Waals surface area (Å²) >= 11 is 13.9. The van der Waals surface area contributed by atoms with Crippen molar-refractivity contribution >= 4 is 35.0 Å². The molecule has 0 radical (unpaired) electrons. The third kappa shape index (κ3) is 3.89. The molecule has 2 rings (SSSR count). The van der Waals surface area contributed by atoms with Crippen molar-refractivity contribution in [3.63, 3.8) is 0 Å². The quantitative estimate of drug-likeness (QED) is 0.789. The lowest BCUT2D eigenvalue weighted by Crippen LogP contribution is -2.25. The van der Waals surface area contributed by atoms with Crippen LogP contribution in [0.25, 0.3) is 0 Å². The van der Waals surface area contributed by atoms with Gasteiger partial charge in [-0.25, -0.2) is 0 Å². The maximum absolute atomic E-state index is 6.27. The lowest BCUT2D eigenvalue weighted by atomic mass is 10.1. The van der Waals surface area contributed by atoms with Crippen molar-refractivity contribution in [2.75, 3.05) is 0 Å². The van der Waals surface area contributed by atoms with Crippen molar-refractivity contribution < 1.29 is 0 Å². The minimum absolute atomic E-state index is 0.0393. The summed E-state index contributed by atoms with van der Waals surface area (Å²) in [6.45, 7) is 2.08. The smallest absolute Gasteiger partial charge is 0.0543 e. The first-order valence-corrected chi connectivity index (χ1v) is 8.02. The fraction of sp³-hybridized carbons (Fsp3) is 0.267. The van der Waals surface area contributed by atoms with E-state index in [2.05, 4.69) is 11.9 Å². The Bertz CT molecular complexity index is 563. The molecule has 0 fully saturated rings. The van der Waals surface area contributed by atoms with E-state index in [1.54, 1.807) is 30.2 Å². The summed E-state index contributed by atoms with van der Waals surface area (Å²) in [7, 11) is 0. The van der Waals surface area contributed by atoms with Gasteiger partial charge in [-0.2, -0.15) is 0 Å². The maximum Gasteiger partial charge on any atom is 0.0543 e. The first-order valence-electron chi connectivity index (χ1n) is 6.39. The van der Waals surface area contributed by atoms with Crippen LogP contribution in [-0.2, 0) is 0 Å². The first-order chi connectivity index (χ1) is 9.61. The summed E-state index contributed by atoms with van der Waals surface area (Å²) in [5, 5.41) is 1.50. The van der Waals surface area contributed by atoms with Gasteiger partial charge >= 0.3 is 0 Å². The number of benzene rings is 1. The monoisotopic (exact) mass is 326 g/mol. The number of rotatable bonds is 5. The van der Waals surface area contributed by atoms with E-state index >= 15 is 0 Å². The predicted molar refractivity (Wildman–Crippen MR) is 87.6 cm³/mol. The second-order valence-corrected chi connectivity index (χ2v) is 6.49. The van der Waals surface area contributed by atoms with Gasteiger partial charge in [-0.1, -0.05) is 30.1 Å². The number of pyridine rings is 1. The van der Waals surface area contributed by atoms with Crippen molar-refractivity contribution in [1.29, 1.82) is 0 Å². The van der Waals surface area contributed by atoms with E-state index in [0.717, 1.165) is 16.9 Å². The van der Waals surface area contributed by atoms with Crippen LogP contribution in [0, 0.1) is 0 Å². The SMILES string of the molecule is CCC(N)C(Sc1cc(Cl)ccc1Cl)c1ccncc1. The van der Waals surface area contributed by atoms with Gasteiger partial charge in [0.25, 0.3) is 0 Å². The second-order valence-electron chi connectivity index (χ2n) is 4.47. The van der Waals surface area contributed by atoms with E-state index < -0.39 is 0 Å². The zero-order chi connectivity index (χ0) is 14.5. The van der Waals surface area contributed by atoms with Crippen molar-refractivity contribution in [3.8, 4) is 0 Å². The number of hydrogen-bond acceptors (Lipinski definition) is 3. The number of nitrogens with two attached hydrogens (primary N) is 1. The Morgan fingerprint density at radius 2 is 1.90 bits per heavy atom. The van der Waals surface area contributed by atoms with E-state index in [4.69, 9.17) is 28.9 Å². The molecule has 2 unspecified atom stereocenters. The van der Waals surface area contributed by atoms with Crippen LogP contribution in [0.5, 0.6) is 0 Å². The van der Waals surface area contributed by atoms with Gasteiger partial charge in [0, 0.05) is 33.6 Å². The average Bonchev–Trinajstić information content (AvgIpc) is 2.48. The summed E-state index contributed by atoms with van der Waals surface area (Å²) in [4.78, 5) is 5.00. The minimum Gasteiger partial charge on any atom is -0.326 e. The van der Waals surface area contributed by atoms with E-state index in [0.29, 0.717) is 10.0 Å². The highest BCUT2D eigenvalue weighted by molar-refractivity contribution is 7.99. The normalized spacial score (nSPS) is 14.0. The molecule has 0 saturated carbocycles. The summed E-state index contributed by atoms with van der Waals surface area (Å²) < 4.78 is 0. The third-order valence-corrected chi connectivity index (χ3v) is 5.19. The van der Waals surface area contributed by atoms with E-state index in [1.165, 1.54) is 0 Å². The molecule has 20 heavy (non-hydrogen) atoms. The molecule has 5 heteroatoms. The highest BCUT2D eigenvalue weighted by atomic mass is 35.5. The van der Waals surface area contributed by atoms with Crippen molar-refractivity contribution in [2.45, 2.75) is 29.5 Å². The third-order valence-electron chi connectivity index (χ3n) is 3.04. The first kappa shape index (κ1) is 15.6. The Balaban J connectivity index is 2.31. The van der Waals surface area contributed by atoms with Gasteiger partial charge in [0.15, 0.2) is 0 Å². The molecule has 2 nitrogen and oxygen atoms in total. The van der Waals surface area contributed by atoms with Gasteiger partial charge in [0.2, 0.25) is 0 Å². The molecule has 1 heterocycles. The van der Waals surface area contributed by atoms with Gasteiger partial charge in [-0.3, -0.25) is 4.98 Å². The van der Waals surface area contributed by atoms with Crippen LogP contribution in [0.2, 0.25) is 10.0 Å². The number of nitrogens with zero attached hydrogens (tertiary/aromatic N) is 1. The van der Waals surface area contributed by atoms with Crippen molar-refractivity contribution in [1.82, 2.24) is 4.98 Å². The maximum atomic E-state index is 6.27. The van der Waals surface area contributed by atoms with Crippen LogP contribution in [0.15, 0.2) is 47.6 Å². The molecule has 0 saturated heterocycles. The number of hydrogen-bond donors (Lipinski definition) is 1. The fourth-order valence-corrected chi connectivity index (χ4v) is 3.67. The molecule has 1 aromatic carbocycles. The van der Waals surface area contributed by atoms with Gasteiger partial charge in [-0.05, 0) is 42.3 Å². The summed E-state index contributed by atoms with van der Waals surface area (Å²) in [5.41, 5.74) is 7.42. The molecule has 1 aromatic heterocycles. The molecule has 0 aliphatic heterocycles. The van der Waals surface area contributed by atoms with Crippen LogP contribution in [-0.4, -0.2) is 11.0 Å². The standard InChI is InChI=1S/C15H16Cl2N2S/c1-2-13(18)15(10-5-7-19-8-6-10)20-14-9-11(16)3-4-12(14)17/h3-9,13,15H,2,18H2,1H3. The number of halogens is 2. The van der Waals surface area contributed by atoms with E-state index in [1.807, 2.05) is 24.3 Å². The Kier molecular flexibility index (Phi) is 5.73. The largest absolute Gasteiger partial charge is 0.326 e. The van der Waals surface area contributed by atoms with Crippen LogP contribution in [0.4, 0.5) is 0 Å². The molecule has 106 valence electrons. The molecule has 0 amide bonds. The summed E-state index contributed by atoms with van der Waals surface area (Å²) in [6.07, 6.45) is 4.45. The van der Waals surface area contributed by atoms with Gasteiger partial charge in [0.05, 0.1) is 5.02 Å². The number of thioether (sulfide) groups is 1. The summed E-state index contributed by atoms with van der Waals surface area (Å²) in [5.74, 6) is 0. The van der Waals surface area contributed by atoms with E-state index in [-0.39, 0.29) is 11.3 Å². The molecule has 0 bridgehead atoms. The molecule has 2 atom stereocenters. The summed E-state index contributed by atoms with van der Waals surface area (Å²) in [6, 6.07) is 9.50. The zero-order valence-electron chi connectivity index (χ0n) is 11.1. The molecule has 2 aromatic rings. The topological polar surface area (TPSA) is 38.9 Å².